The zero-order chi connectivity index (χ0) is 34.3. The molecule has 0 unspecified atom stereocenters. The summed E-state index contributed by atoms with van der Waals surface area (Å²) in [6.45, 7) is 13.3. The minimum Gasteiger partial charge on any atom is -0.306 e. The number of anilines is 6. The summed E-state index contributed by atoms with van der Waals surface area (Å²) in [7, 11) is 0. The van der Waals surface area contributed by atoms with Gasteiger partial charge in [-0.1, -0.05) is 59.7 Å². The summed E-state index contributed by atoms with van der Waals surface area (Å²) in [4.78, 5) is 5.00. The van der Waals surface area contributed by atoms with E-state index in [0.29, 0.717) is 0 Å². The van der Waals surface area contributed by atoms with Gasteiger partial charge in [0, 0.05) is 31.5 Å². The van der Waals surface area contributed by atoms with Gasteiger partial charge in [0.2, 0.25) is 0 Å². The topological polar surface area (TPSA) is 6.48 Å². The molecule has 2 nitrogen and oxygen atoms in total. The van der Waals surface area contributed by atoms with Crippen LogP contribution in [0.4, 0.5) is 34.1 Å². The lowest BCUT2D eigenvalue weighted by atomic mass is 9.93. The van der Waals surface area contributed by atoms with Gasteiger partial charge in [-0.05, 0) is 157 Å². The number of nitrogens with zero attached hydrogens (tertiary/aromatic N) is 2. The van der Waals surface area contributed by atoms with Crippen LogP contribution in [0.1, 0.15) is 33.4 Å². The van der Waals surface area contributed by atoms with Crippen molar-refractivity contribution < 1.29 is 0 Å². The normalized spacial score (nSPS) is 12.5. The summed E-state index contributed by atoms with van der Waals surface area (Å²) >= 11 is 3.61. The Morgan fingerprint density at radius 2 is 0.760 bits per heavy atom. The van der Waals surface area contributed by atoms with Crippen LogP contribution in [-0.4, -0.2) is 0 Å². The SMILES string of the molecule is Cc1cc(C)c(-c2ccc(N3c4ccc5sccc5c4N(c4ccc(-c5c(C)cc(C)cc5C)cc4)c4ccc5sccc5c43)cc2)c(C)c1. The van der Waals surface area contributed by atoms with Crippen molar-refractivity contribution in [1.29, 1.82) is 0 Å². The lowest BCUT2D eigenvalue weighted by Crippen LogP contribution is -2.24. The van der Waals surface area contributed by atoms with E-state index in [0.717, 1.165) is 11.4 Å². The van der Waals surface area contributed by atoms with Crippen LogP contribution in [0.3, 0.4) is 0 Å². The third-order valence-electron chi connectivity index (χ3n) is 10.3. The molecule has 244 valence electrons. The summed E-state index contributed by atoms with van der Waals surface area (Å²) in [6.07, 6.45) is 0. The fourth-order valence-corrected chi connectivity index (χ4v) is 10.0. The van der Waals surface area contributed by atoms with E-state index in [-0.39, 0.29) is 0 Å². The fraction of sp³-hybridized carbons (Fsp3) is 0.130. The summed E-state index contributed by atoms with van der Waals surface area (Å²) < 4.78 is 2.58. The second kappa shape index (κ2) is 11.7. The van der Waals surface area contributed by atoms with Gasteiger partial charge in [0.1, 0.15) is 0 Å². The monoisotopic (exact) mass is 682 g/mol. The number of hydrogen-bond donors (Lipinski definition) is 0. The third kappa shape index (κ3) is 4.81. The molecule has 1 aliphatic heterocycles. The lowest BCUT2D eigenvalue weighted by Gasteiger charge is -2.41. The molecule has 2 aromatic heterocycles. The second-order valence-corrected chi connectivity index (χ2v) is 15.7. The number of aryl methyl sites for hydroxylation is 6. The van der Waals surface area contributed by atoms with Gasteiger partial charge in [0.05, 0.1) is 22.7 Å². The van der Waals surface area contributed by atoms with E-state index in [1.54, 1.807) is 22.7 Å². The van der Waals surface area contributed by atoms with E-state index in [1.807, 2.05) is 0 Å². The quantitative estimate of drug-likeness (QED) is 0.182. The molecule has 0 N–H and O–H groups in total. The lowest BCUT2D eigenvalue weighted by molar-refractivity contribution is 1.19. The first-order chi connectivity index (χ1) is 24.3. The van der Waals surface area contributed by atoms with E-state index in [1.165, 1.54) is 98.6 Å². The van der Waals surface area contributed by atoms with Gasteiger partial charge in [-0.3, -0.25) is 0 Å². The molecule has 4 heteroatoms. The van der Waals surface area contributed by atoms with Gasteiger partial charge in [0.15, 0.2) is 0 Å². The maximum absolute atomic E-state index is 2.50. The molecule has 50 heavy (non-hydrogen) atoms. The predicted octanol–water partition coefficient (Wildman–Crippen LogP) is 14.6. The van der Waals surface area contributed by atoms with Crippen molar-refractivity contribution in [3.05, 3.63) is 153 Å². The Balaban J connectivity index is 1.25. The Morgan fingerprint density at radius 1 is 0.400 bits per heavy atom. The molecule has 8 aromatic rings. The zero-order valence-electron chi connectivity index (χ0n) is 29.3. The highest BCUT2D eigenvalue weighted by atomic mass is 32.1. The first kappa shape index (κ1) is 30.9. The molecule has 0 atom stereocenters. The maximum Gasteiger partial charge on any atom is 0.0790 e. The molecule has 0 amide bonds. The number of hydrogen-bond acceptors (Lipinski definition) is 4. The van der Waals surface area contributed by atoms with Crippen LogP contribution in [-0.2, 0) is 0 Å². The smallest absolute Gasteiger partial charge is 0.0790 e. The highest BCUT2D eigenvalue weighted by molar-refractivity contribution is 7.17. The van der Waals surface area contributed by atoms with E-state index in [4.69, 9.17) is 0 Å². The number of benzene rings is 6. The summed E-state index contributed by atoms with van der Waals surface area (Å²) in [5, 5.41) is 6.98. The van der Waals surface area contributed by atoms with Crippen LogP contribution in [0.15, 0.2) is 120 Å². The molecule has 9 rings (SSSR count). The van der Waals surface area contributed by atoms with Crippen LogP contribution in [0.25, 0.3) is 42.4 Å². The Kier molecular flexibility index (Phi) is 7.24. The van der Waals surface area contributed by atoms with E-state index >= 15 is 0 Å². The molecule has 3 heterocycles. The average molecular weight is 683 g/mol. The minimum atomic E-state index is 1.16. The van der Waals surface area contributed by atoms with Crippen LogP contribution in [0, 0.1) is 41.5 Å². The van der Waals surface area contributed by atoms with Crippen LogP contribution >= 0.6 is 22.7 Å². The largest absolute Gasteiger partial charge is 0.306 e. The van der Waals surface area contributed by atoms with E-state index < -0.39 is 0 Å². The highest BCUT2D eigenvalue weighted by Gasteiger charge is 2.34. The molecular formula is C46H38N2S2. The molecule has 0 fully saturated rings. The molecule has 0 bridgehead atoms. The van der Waals surface area contributed by atoms with Crippen molar-refractivity contribution in [3.8, 4) is 22.3 Å². The van der Waals surface area contributed by atoms with Crippen molar-refractivity contribution in [3.63, 3.8) is 0 Å². The Bertz CT molecular complexity index is 2370. The third-order valence-corrected chi connectivity index (χ3v) is 12.0. The Labute approximate surface area is 302 Å². The minimum absolute atomic E-state index is 1.16. The van der Waals surface area contributed by atoms with Gasteiger partial charge in [-0.2, -0.15) is 0 Å². The average Bonchev–Trinajstić information content (AvgIpc) is 3.77. The molecule has 0 saturated heterocycles. The zero-order valence-corrected chi connectivity index (χ0v) is 30.9. The number of thiophene rings is 2. The van der Waals surface area contributed by atoms with Gasteiger partial charge >= 0.3 is 0 Å². The number of fused-ring (bicyclic) bond motifs is 6. The van der Waals surface area contributed by atoms with Crippen molar-refractivity contribution >= 4 is 77.0 Å². The van der Waals surface area contributed by atoms with Crippen LogP contribution in [0.5, 0.6) is 0 Å². The first-order valence-electron chi connectivity index (χ1n) is 17.2. The summed E-state index contributed by atoms with van der Waals surface area (Å²) in [5.74, 6) is 0. The second-order valence-electron chi connectivity index (χ2n) is 13.8. The highest BCUT2D eigenvalue weighted by Crippen LogP contribution is 2.59. The van der Waals surface area contributed by atoms with Gasteiger partial charge in [-0.15, -0.1) is 22.7 Å². The molecule has 0 saturated carbocycles. The molecule has 0 radical (unpaired) electrons. The first-order valence-corrected chi connectivity index (χ1v) is 19.0. The molecular weight excluding hydrogens is 645 g/mol. The molecule has 0 aliphatic carbocycles. The maximum atomic E-state index is 2.50. The summed E-state index contributed by atoms with van der Waals surface area (Å²) in [6, 6.07) is 41.4. The fourth-order valence-electron chi connectivity index (χ4n) is 8.47. The molecule has 1 aliphatic rings. The molecule has 0 spiro atoms. The standard InChI is InChI=1S/C46H38N2S2/c1-27-23-29(3)43(30(4)24-27)33-7-11-35(12-8-33)47-39-15-17-42-38(20-22-50-42)46(39)48(40-16-18-41-37(45(40)47)19-21-49-41)36-13-9-34(10-14-36)44-31(5)25-28(2)26-32(44)6/h7-26H,1-6H3. The van der Waals surface area contributed by atoms with Crippen LogP contribution < -0.4 is 9.80 Å². The van der Waals surface area contributed by atoms with E-state index in [9.17, 15) is 0 Å². The Morgan fingerprint density at radius 3 is 1.12 bits per heavy atom. The van der Waals surface area contributed by atoms with Gasteiger partial charge < -0.3 is 9.80 Å². The van der Waals surface area contributed by atoms with Crippen molar-refractivity contribution in [2.24, 2.45) is 0 Å². The van der Waals surface area contributed by atoms with Crippen molar-refractivity contribution in [1.82, 2.24) is 0 Å². The number of rotatable bonds is 4. The summed E-state index contributed by atoms with van der Waals surface area (Å²) in [5.41, 5.74) is 20.2. The van der Waals surface area contributed by atoms with Gasteiger partial charge in [-0.25, -0.2) is 0 Å². The molecule has 6 aromatic carbocycles. The van der Waals surface area contributed by atoms with Crippen molar-refractivity contribution in [2.45, 2.75) is 41.5 Å². The Hall–Kier alpha value is -5.16. The van der Waals surface area contributed by atoms with E-state index in [2.05, 4.69) is 171 Å². The van der Waals surface area contributed by atoms with Crippen molar-refractivity contribution in [2.75, 3.05) is 9.80 Å². The van der Waals surface area contributed by atoms with Gasteiger partial charge in [0.25, 0.3) is 0 Å². The predicted molar refractivity (Wildman–Crippen MR) is 219 cm³/mol. The van der Waals surface area contributed by atoms with Crippen LogP contribution in [0.2, 0.25) is 0 Å².